The van der Waals surface area contributed by atoms with E-state index in [9.17, 15) is 0 Å². The Labute approximate surface area is 110 Å². The average molecular weight is 267 g/mol. The van der Waals surface area contributed by atoms with Gasteiger partial charge >= 0.3 is 0 Å². The molecule has 2 aromatic heterocycles. The lowest BCUT2D eigenvalue weighted by Gasteiger charge is -2.12. The normalized spacial score (nSPS) is 12.9. The molecule has 0 saturated heterocycles. The average Bonchev–Trinajstić information content (AvgIpc) is 2.82. The topological polar surface area (TPSA) is 43.8 Å². The van der Waals surface area contributed by atoms with E-state index in [4.69, 9.17) is 5.73 Å². The van der Waals surface area contributed by atoms with Crippen LogP contribution in [-0.4, -0.2) is 16.3 Å². The predicted octanol–water partition coefficient (Wildman–Crippen LogP) is 2.89. The molecule has 0 saturated carbocycles. The lowest BCUT2D eigenvalue weighted by molar-refractivity contribution is 0.690. The first-order chi connectivity index (χ1) is 8.10. The quantitative estimate of drug-likeness (QED) is 0.866. The molecule has 5 heteroatoms. The van der Waals surface area contributed by atoms with Gasteiger partial charge in [-0.2, -0.15) is 5.10 Å². The van der Waals surface area contributed by atoms with Gasteiger partial charge in [-0.1, -0.05) is 11.8 Å². The standard InChI is InChI=1S/C12H17N3S2/c1-8-6-12(15(3)14-8)17-11(7-13)10-5-4-9(2)16-10/h4-6,11H,7,13H2,1-3H3. The van der Waals surface area contributed by atoms with E-state index in [1.165, 1.54) is 14.8 Å². The summed E-state index contributed by atoms with van der Waals surface area (Å²) in [6.07, 6.45) is 0. The number of thioether (sulfide) groups is 1. The van der Waals surface area contributed by atoms with Crippen molar-refractivity contribution in [2.24, 2.45) is 12.8 Å². The maximum Gasteiger partial charge on any atom is 0.0946 e. The molecule has 0 aliphatic rings. The van der Waals surface area contributed by atoms with Crippen molar-refractivity contribution in [3.63, 3.8) is 0 Å². The van der Waals surface area contributed by atoms with E-state index in [0.29, 0.717) is 11.8 Å². The van der Waals surface area contributed by atoms with Crippen LogP contribution in [0.3, 0.4) is 0 Å². The minimum Gasteiger partial charge on any atom is -0.329 e. The minimum absolute atomic E-state index is 0.323. The van der Waals surface area contributed by atoms with E-state index in [2.05, 4.69) is 30.2 Å². The van der Waals surface area contributed by atoms with Crippen LogP contribution in [0.4, 0.5) is 0 Å². The molecule has 0 bridgehead atoms. The number of thiophene rings is 1. The highest BCUT2D eigenvalue weighted by Gasteiger charge is 2.15. The van der Waals surface area contributed by atoms with Gasteiger partial charge in [-0.05, 0) is 32.0 Å². The monoisotopic (exact) mass is 267 g/mol. The molecule has 2 N–H and O–H groups in total. The molecule has 0 aliphatic heterocycles. The highest BCUT2D eigenvalue weighted by atomic mass is 32.2. The Hall–Kier alpha value is -0.780. The first-order valence-electron chi connectivity index (χ1n) is 5.54. The zero-order valence-corrected chi connectivity index (χ0v) is 11.9. The number of rotatable bonds is 4. The van der Waals surface area contributed by atoms with Crippen LogP contribution in [0.15, 0.2) is 23.2 Å². The summed E-state index contributed by atoms with van der Waals surface area (Å²) in [5, 5.41) is 5.85. The minimum atomic E-state index is 0.323. The molecule has 0 aromatic carbocycles. The molecule has 3 nitrogen and oxygen atoms in total. The predicted molar refractivity (Wildman–Crippen MR) is 74.7 cm³/mol. The van der Waals surface area contributed by atoms with E-state index >= 15 is 0 Å². The first-order valence-corrected chi connectivity index (χ1v) is 7.23. The summed E-state index contributed by atoms with van der Waals surface area (Å²) in [6, 6.07) is 6.43. The summed E-state index contributed by atoms with van der Waals surface area (Å²) in [5.74, 6) is 0. The zero-order valence-electron chi connectivity index (χ0n) is 10.3. The van der Waals surface area contributed by atoms with E-state index < -0.39 is 0 Å². The summed E-state index contributed by atoms with van der Waals surface area (Å²) in [6.45, 7) is 4.78. The molecule has 0 spiro atoms. The number of nitrogens with two attached hydrogens (primary N) is 1. The molecule has 92 valence electrons. The third-order valence-electron chi connectivity index (χ3n) is 2.51. The van der Waals surface area contributed by atoms with Crippen LogP contribution >= 0.6 is 23.1 Å². The van der Waals surface area contributed by atoms with Gasteiger partial charge in [-0.15, -0.1) is 11.3 Å². The Morgan fingerprint density at radius 3 is 2.71 bits per heavy atom. The van der Waals surface area contributed by atoms with Gasteiger partial charge in [0.05, 0.1) is 16.0 Å². The molecule has 0 amide bonds. The smallest absolute Gasteiger partial charge is 0.0946 e. The fraction of sp³-hybridized carbons (Fsp3) is 0.417. The molecular weight excluding hydrogens is 250 g/mol. The van der Waals surface area contributed by atoms with Gasteiger partial charge in [0.1, 0.15) is 0 Å². The molecule has 0 fully saturated rings. The molecule has 2 aromatic rings. The molecular formula is C12H17N3S2. The van der Waals surface area contributed by atoms with Crippen LogP contribution in [-0.2, 0) is 7.05 Å². The number of aromatic nitrogens is 2. The number of aryl methyl sites for hydroxylation is 3. The van der Waals surface area contributed by atoms with Crippen LogP contribution in [0.1, 0.15) is 20.7 Å². The van der Waals surface area contributed by atoms with Crippen molar-refractivity contribution in [3.8, 4) is 0 Å². The van der Waals surface area contributed by atoms with Gasteiger partial charge in [0.2, 0.25) is 0 Å². The highest BCUT2D eigenvalue weighted by molar-refractivity contribution is 7.99. The van der Waals surface area contributed by atoms with Gasteiger partial charge in [0, 0.05) is 23.3 Å². The van der Waals surface area contributed by atoms with Crippen molar-refractivity contribution in [2.45, 2.75) is 24.1 Å². The Kier molecular flexibility index (Phi) is 3.91. The van der Waals surface area contributed by atoms with Crippen molar-refractivity contribution >= 4 is 23.1 Å². The summed E-state index contributed by atoms with van der Waals surface area (Å²) in [7, 11) is 1.97. The van der Waals surface area contributed by atoms with E-state index in [-0.39, 0.29) is 0 Å². The Morgan fingerprint density at radius 1 is 1.47 bits per heavy atom. The van der Waals surface area contributed by atoms with Crippen molar-refractivity contribution in [3.05, 3.63) is 33.6 Å². The molecule has 1 atom stereocenters. The van der Waals surface area contributed by atoms with Crippen LogP contribution < -0.4 is 5.73 Å². The van der Waals surface area contributed by atoms with E-state index in [1.54, 1.807) is 11.8 Å². The molecule has 0 aliphatic carbocycles. The van der Waals surface area contributed by atoms with Gasteiger partial charge < -0.3 is 5.73 Å². The molecule has 1 unspecified atom stereocenters. The SMILES string of the molecule is Cc1cc(SC(CN)c2ccc(C)s2)n(C)n1. The van der Waals surface area contributed by atoms with Crippen LogP contribution in [0, 0.1) is 13.8 Å². The van der Waals surface area contributed by atoms with Gasteiger partial charge in [0.15, 0.2) is 0 Å². The fourth-order valence-corrected chi connectivity index (χ4v) is 3.87. The highest BCUT2D eigenvalue weighted by Crippen LogP contribution is 2.37. The second-order valence-corrected chi connectivity index (χ2v) is 6.58. The fourth-order valence-electron chi connectivity index (χ4n) is 1.69. The van der Waals surface area contributed by atoms with Gasteiger partial charge in [-0.25, -0.2) is 0 Å². The largest absolute Gasteiger partial charge is 0.329 e. The summed E-state index contributed by atoms with van der Waals surface area (Å²) >= 11 is 3.61. The maximum atomic E-state index is 5.87. The summed E-state index contributed by atoms with van der Waals surface area (Å²) in [5.41, 5.74) is 6.92. The lowest BCUT2D eigenvalue weighted by atomic mass is 10.3. The van der Waals surface area contributed by atoms with E-state index in [1.807, 2.05) is 30.0 Å². The van der Waals surface area contributed by atoms with Crippen molar-refractivity contribution in [1.29, 1.82) is 0 Å². The number of hydrogen-bond acceptors (Lipinski definition) is 4. The van der Waals surface area contributed by atoms with Crippen LogP contribution in [0.25, 0.3) is 0 Å². The Morgan fingerprint density at radius 2 is 2.24 bits per heavy atom. The van der Waals surface area contributed by atoms with Crippen LogP contribution in [0.5, 0.6) is 0 Å². The number of hydrogen-bond donors (Lipinski definition) is 1. The first kappa shape index (κ1) is 12.7. The molecule has 0 radical (unpaired) electrons. The van der Waals surface area contributed by atoms with Crippen LogP contribution in [0.2, 0.25) is 0 Å². The summed E-state index contributed by atoms with van der Waals surface area (Å²) in [4.78, 5) is 2.68. The molecule has 2 heterocycles. The third-order valence-corrected chi connectivity index (χ3v) is 5.13. The maximum absolute atomic E-state index is 5.87. The van der Waals surface area contributed by atoms with Crippen molar-refractivity contribution in [2.75, 3.05) is 6.54 Å². The van der Waals surface area contributed by atoms with Gasteiger partial charge in [-0.3, -0.25) is 4.68 Å². The Balaban J connectivity index is 2.18. The summed E-state index contributed by atoms with van der Waals surface area (Å²) < 4.78 is 1.92. The van der Waals surface area contributed by atoms with Crippen molar-refractivity contribution in [1.82, 2.24) is 9.78 Å². The van der Waals surface area contributed by atoms with E-state index in [0.717, 1.165) is 5.69 Å². The molecule has 17 heavy (non-hydrogen) atoms. The zero-order chi connectivity index (χ0) is 12.4. The second-order valence-electron chi connectivity index (χ2n) is 4.04. The van der Waals surface area contributed by atoms with Gasteiger partial charge in [0.25, 0.3) is 0 Å². The second kappa shape index (κ2) is 5.25. The lowest BCUT2D eigenvalue weighted by Crippen LogP contribution is -2.08. The van der Waals surface area contributed by atoms with Crippen molar-refractivity contribution < 1.29 is 0 Å². The number of nitrogens with zero attached hydrogens (tertiary/aromatic N) is 2. The Bertz CT molecular complexity index is 502. The third kappa shape index (κ3) is 2.91. The molecule has 2 rings (SSSR count).